The molecule has 2 heterocycles. The summed E-state index contributed by atoms with van der Waals surface area (Å²) in [5, 5.41) is 10.9. The molecule has 5 rings (SSSR count). The lowest BCUT2D eigenvalue weighted by Gasteiger charge is -2.31. The van der Waals surface area contributed by atoms with E-state index in [0.29, 0.717) is 29.6 Å². The topological polar surface area (TPSA) is 53.4 Å². The van der Waals surface area contributed by atoms with Crippen LogP contribution in [0.3, 0.4) is 0 Å². The molecule has 33 heavy (non-hydrogen) atoms. The lowest BCUT2D eigenvalue weighted by molar-refractivity contribution is 0.0696. The van der Waals surface area contributed by atoms with Gasteiger partial charge in [0.15, 0.2) is 0 Å². The lowest BCUT2D eigenvalue weighted by Crippen LogP contribution is -2.31. The van der Waals surface area contributed by atoms with E-state index in [-0.39, 0.29) is 0 Å². The number of benzene rings is 3. The molecule has 0 radical (unpaired) electrons. The molecule has 164 valence electrons. The molecular weight excluding hydrogens is 428 g/mol. The first kappa shape index (κ1) is 21.4. The number of pyridine rings is 1. The van der Waals surface area contributed by atoms with Crippen molar-refractivity contribution in [2.45, 2.75) is 18.0 Å². The number of para-hydroxylation sites is 1. The van der Waals surface area contributed by atoms with Crippen LogP contribution < -0.4 is 0 Å². The first-order valence-corrected chi connectivity index (χ1v) is 12.1. The summed E-state index contributed by atoms with van der Waals surface area (Å²) in [6.45, 7) is 2.00. The van der Waals surface area contributed by atoms with E-state index in [2.05, 4.69) is 53.6 Å². The number of thioether (sulfide) groups is 1. The second-order valence-electron chi connectivity index (χ2n) is 8.21. The molecule has 1 aliphatic heterocycles. The number of rotatable bonds is 5. The Morgan fingerprint density at radius 3 is 2.45 bits per heavy atom. The van der Waals surface area contributed by atoms with Crippen molar-refractivity contribution in [1.82, 2.24) is 9.88 Å². The Labute approximate surface area is 197 Å². The molecule has 4 aromatic rings. The molecule has 5 heteroatoms. The number of carboxylic acids is 1. The van der Waals surface area contributed by atoms with Gasteiger partial charge in [-0.15, -0.1) is 11.8 Å². The van der Waals surface area contributed by atoms with Crippen molar-refractivity contribution in [1.29, 1.82) is 0 Å². The number of nitrogens with zero attached hydrogens (tertiary/aromatic N) is 2. The van der Waals surface area contributed by atoms with E-state index < -0.39 is 5.97 Å². The molecule has 0 unspecified atom stereocenters. The third kappa shape index (κ3) is 4.42. The van der Waals surface area contributed by atoms with Crippen molar-refractivity contribution < 1.29 is 9.90 Å². The Morgan fingerprint density at radius 2 is 1.73 bits per heavy atom. The Morgan fingerprint density at radius 1 is 1.00 bits per heavy atom. The molecule has 0 saturated carbocycles. The summed E-state index contributed by atoms with van der Waals surface area (Å²) in [6, 6.07) is 26.3. The molecule has 0 saturated heterocycles. The quantitative estimate of drug-likeness (QED) is 0.365. The number of hydrogen-bond donors (Lipinski definition) is 1. The smallest absolute Gasteiger partial charge is 0.336 e. The van der Waals surface area contributed by atoms with Gasteiger partial charge in [0.1, 0.15) is 0 Å². The molecule has 0 aliphatic carbocycles. The lowest BCUT2D eigenvalue weighted by atomic mass is 9.91. The Bertz CT molecular complexity index is 1350. The van der Waals surface area contributed by atoms with Crippen LogP contribution in [0.15, 0.2) is 83.8 Å². The van der Waals surface area contributed by atoms with E-state index in [4.69, 9.17) is 4.98 Å². The minimum Gasteiger partial charge on any atom is -0.478 e. The molecule has 4 nitrogen and oxygen atoms in total. The number of fused-ring (bicyclic) bond motifs is 2. The van der Waals surface area contributed by atoms with Crippen molar-refractivity contribution in [2.75, 3.05) is 12.8 Å². The number of carboxylic acid groups (broad SMARTS) is 1. The number of hydrogen-bond acceptors (Lipinski definition) is 4. The van der Waals surface area contributed by atoms with Gasteiger partial charge >= 0.3 is 5.97 Å². The van der Waals surface area contributed by atoms with Crippen molar-refractivity contribution in [3.05, 3.63) is 107 Å². The minimum absolute atomic E-state index is 0.358. The SMILES string of the molecule is CSc1ccc(C=C2CN(Cc3ccccc3)Cc3c2nc2ccccc2c3C(=O)O)cc1. The van der Waals surface area contributed by atoms with Crippen LogP contribution in [0.25, 0.3) is 22.6 Å². The van der Waals surface area contributed by atoms with Crippen molar-refractivity contribution in [3.63, 3.8) is 0 Å². The van der Waals surface area contributed by atoms with Gasteiger partial charge in [-0.2, -0.15) is 0 Å². The van der Waals surface area contributed by atoms with Gasteiger partial charge in [-0.05, 0) is 47.2 Å². The van der Waals surface area contributed by atoms with Crippen LogP contribution in [0.5, 0.6) is 0 Å². The average molecular weight is 453 g/mol. The van der Waals surface area contributed by atoms with Crippen LogP contribution in [0.4, 0.5) is 0 Å². The highest BCUT2D eigenvalue weighted by Crippen LogP contribution is 2.34. The molecule has 3 aromatic carbocycles. The van der Waals surface area contributed by atoms with Crippen LogP contribution in [-0.2, 0) is 13.1 Å². The van der Waals surface area contributed by atoms with E-state index in [1.54, 1.807) is 11.8 Å². The van der Waals surface area contributed by atoms with Gasteiger partial charge in [0.25, 0.3) is 0 Å². The molecule has 1 aliphatic rings. The Balaban J connectivity index is 1.66. The fourth-order valence-corrected chi connectivity index (χ4v) is 4.89. The zero-order valence-corrected chi connectivity index (χ0v) is 19.2. The molecule has 0 fully saturated rings. The van der Waals surface area contributed by atoms with E-state index in [1.165, 1.54) is 10.5 Å². The van der Waals surface area contributed by atoms with Gasteiger partial charge in [-0.1, -0.05) is 60.7 Å². The second kappa shape index (κ2) is 9.22. The van der Waals surface area contributed by atoms with E-state index in [0.717, 1.165) is 28.9 Å². The maximum atomic E-state index is 12.4. The summed E-state index contributed by atoms with van der Waals surface area (Å²) < 4.78 is 0. The third-order valence-electron chi connectivity index (χ3n) is 5.99. The largest absolute Gasteiger partial charge is 0.478 e. The highest BCUT2D eigenvalue weighted by molar-refractivity contribution is 7.98. The molecule has 0 bridgehead atoms. The first-order chi connectivity index (χ1) is 16.1. The first-order valence-electron chi connectivity index (χ1n) is 10.9. The standard InChI is InChI=1S/C28H24N2O2S/c1-33-22-13-11-19(12-14-22)15-21-17-30(16-20-7-3-2-4-8-20)18-24-26(28(31)32)23-9-5-6-10-25(23)29-27(21)24/h2-15H,16-18H2,1H3,(H,31,32). The summed E-state index contributed by atoms with van der Waals surface area (Å²) in [6.07, 6.45) is 4.21. The molecule has 1 N–H and O–H groups in total. The van der Waals surface area contributed by atoms with Crippen molar-refractivity contribution in [2.24, 2.45) is 0 Å². The van der Waals surface area contributed by atoms with E-state index >= 15 is 0 Å². The fourth-order valence-electron chi connectivity index (χ4n) is 4.48. The predicted molar refractivity (Wildman–Crippen MR) is 135 cm³/mol. The Kier molecular flexibility index (Phi) is 5.99. The third-order valence-corrected chi connectivity index (χ3v) is 6.74. The number of aromatic nitrogens is 1. The molecule has 0 atom stereocenters. The van der Waals surface area contributed by atoms with Crippen molar-refractivity contribution >= 4 is 40.3 Å². The second-order valence-corrected chi connectivity index (χ2v) is 9.09. The summed E-state index contributed by atoms with van der Waals surface area (Å²) in [7, 11) is 0. The predicted octanol–water partition coefficient (Wildman–Crippen LogP) is 6.21. The molecule has 0 amide bonds. The monoisotopic (exact) mass is 452 g/mol. The number of carbonyl (C=O) groups is 1. The van der Waals surface area contributed by atoms with Crippen LogP contribution in [-0.4, -0.2) is 33.8 Å². The van der Waals surface area contributed by atoms with E-state index in [9.17, 15) is 9.90 Å². The Hall–Kier alpha value is -3.41. The summed E-state index contributed by atoms with van der Waals surface area (Å²) in [5.41, 5.74) is 5.99. The highest BCUT2D eigenvalue weighted by Gasteiger charge is 2.28. The van der Waals surface area contributed by atoms with Gasteiger partial charge in [0.05, 0.1) is 16.8 Å². The van der Waals surface area contributed by atoms with Crippen LogP contribution in [0.1, 0.15) is 32.7 Å². The van der Waals surface area contributed by atoms with Crippen LogP contribution in [0, 0.1) is 0 Å². The summed E-state index contributed by atoms with van der Waals surface area (Å²) in [5.74, 6) is -0.907. The zero-order chi connectivity index (χ0) is 22.8. The maximum absolute atomic E-state index is 12.4. The molecular formula is C28H24N2O2S. The van der Waals surface area contributed by atoms with Gasteiger partial charge in [0, 0.05) is 35.5 Å². The number of aromatic carboxylic acids is 1. The zero-order valence-electron chi connectivity index (χ0n) is 18.4. The van der Waals surface area contributed by atoms with Gasteiger partial charge < -0.3 is 5.11 Å². The normalized spacial score (nSPS) is 15.0. The maximum Gasteiger partial charge on any atom is 0.336 e. The van der Waals surface area contributed by atoms with Gasteiger partial charge in [0.2, 0.25) is 0 Å². The van der Waals surface area contributed by atoms with E-state index in [1.807, 2.05) is 42.5 Å². The van der Waals surface area contributed by atoms with Crippen LogP contribution >= 0.6 is 11.8 Å². The average Bonchev–Trinajstić information content (AvgIpc) is 2.84. The summed E-state index contributed by atoms with van der Waals surface area (Å²) in [4.78, 5) is 20.9. The summed E-state index contributed by atoms with van der Waals surface area (Å²) >= 11 is 1.71. The molecule has 1 aromatic heterocycles. The highest BCUT2D eigenvalue weighted by atomic mass is 32.2. The van der Waals surface area contributed by atoms with Gasteiger partial charge in [-0.25, -0.2) is 9.78 Å². The fraction of sp³-hybridized carbons (Fsp3) is 0.143. The van der Waals surface area contributed by atoms with Crippen molar-refractivity contribution in [3.8, 4) is 0 Å². The minimum atomic E-state index is -0.907. The van der Waals surface area contributed by atoms with Gasteiger partial charge in [-0.3, -0.25) is 4.90 Å². The molecule has 0 spiro atoms. The van der Waals surface area contributed by atoms with Crippen LogP contribution in [0.2, 0.25) is 0 Å².